The molecule has 1 N–H and O–H groups in total. The van der Waals surface area contributed by atoms with Crippen molar-refractivity contribution in [2.75, 3.05) is 6.54 Å². The van der Waals surface area contributed by atoms with Crippen molar-refractivity contribution in [3.8, 4) is 11.8 Å². The summed E-state index contributed by atoms with van der Waals surface area (Å²) in [6.07, 6.45) is 1.29. The van der Waals surface area contributed by atoms with Gasteiger partial charge in [-0.3, -0.25) is 0 Å². The smallest absolute Gasteiger partial charge is 0.132 e. The lowest BCUT2D eigenvalue weighted by Gasteiger charge is -2.18. The summed E-state index contributed by atoms with van der Waals surface area (Å²) in [7, 11) is 0. The molecule has 0 aliphatic heterocycles. The lowest BCUT2D eigenvalue weighted by atomic mass is 10.0. The average molecular weight is 316 g/mol. The van der Waals surface area contributed by atoms with Crippen molar-refractivity contribution in [1.82, 2.24) is 5.32 Å². The van der Waals surface area contributed by atoms with Gasteiger partial charge in [-0.15, -0.1) is 11.8 Å². The molecular weight excluding hydrogens is 300 g/mol. The van der Waals surface area contributed by atoms with Crippen LogP contribution in [-0.2, 0) is 0 Å². The van der Waals surface area contributed by atoms with Crippen LogP contribution in [0, 0.1) is 23.5 Å². The van der Waals surface area contributed by atoms with E-state index in [0.717, 1.165) is 6.42 Å². The van der Waals surface area contributed by atoms with Crippen LogP contribution in [0.2, 0.25) is 0 Å². The fourth-order valence-corrected chi connectivity index (χ4v) is 2.09. The summed E-state index contributed by atoms with van der Waals surface area (Å²) in [6, 6.07) is 2.14. The number of nitrogens with one attached hydrogen (secondary N) is 1. The first kappa shape index (κ1) is 15.1. The molecule has 0 aliphatic rings. The zero-order valence-electron chi connectivity index (χ0n) is 10.5. The van der Waals surface area contributed by atoms with E-state index in [0.29, 0.717) is 17.4 Å². The molecule has 0 saturated heterocycles. The van der Waals surface area contributed by atoms with Crippen LogP contribution in [0.1, 0.15) is 38.3 Å². The predicted octanol–water partition coefficient (Wildman–Crippen LogP) is 4.18. The second-order valence-corrected chi connectivity index (χ2v) is 4.84. The van der Waals surface area contributed by atoms with Gasteiger partial charge in [-0.25, -0.2) is 8.78 Å². The number of hydrogen-bond donors (Lipinski definition) is 1. The molecule has 1 atom stereocenters. The maximum absolute atomic E-state index is 13.9. The summed E-state index contributed by atoms with van der Waals surface area (Å²) < 4.78 is 28.1. The molecule has 0 heterocycles. The van der Waals surface area contributed by atoms with E-state index >= 15 is 0 Å². The summed E-state index contributed by atoms with van der Waals surface area (Å²) in [4.78, 5) is 0. The molecule has 1 aromatic carbocycles. The maximum atomic E-state index is 13.9. The van der Waals surface area contributed by atoms with Gasteiger partial charge in [-0.05, 0) is 32.0 Å². The molecule has 1 rings (SSSR count). The van der Waals surface area contributed by atoms with Crippen LogP contribution in [0.4, 0.5) is 8.78 Å². The summed E-state index contributed by atoms with van der Waals surface area (Å²) in [5.74, 6) is 4.52. The minimum atomic E-state index is -0.548. The molecule has 0 spiro atoms. The number of hydrogen-bond acceptors (Lipinski definition) is 1. The van der Waals surface area contributed by atoms with Gasteiger partial charge in [0.05, 0.1) is 0 Å². The predicted molar refractivity (Wildman–Crippen MR) is 73.2 cm³/mol. The molecule has 0 fully saturated rings. The van der Waals surface area contributed by atoms with Crippen LogP contribution in [0.3, 0.4) is 0 Å². The standard InChI is InChI=1S/C14H16BrF2N/c1-3-5-6-13(18-7-4-2)14-11(16)8-10(15)9-12(14)17/h8-9,13,18H,4,6-7H2,1-2H3. The maximum Gasteiger partial charge on any atom is 0.132 e. The normalized spacial score (nSPS) is 11.8. The molecule has 18 heavy (non-hydrogen) atoms. The highest BCUT2D eigenvalue weighted by Gasteiger charge is 2.19. The quantitative estimate of drug-likeness (QED) is 0.804. The monoisotopic (exact) mass is 315 g/mol. The first-order valence-corrected chi connectivity index (χ1v) is 6.66. The van der Waals surface area contributed by atoms with Gasteiger partial charge in [0, 0.05) is 22.5 Å². The lowest BCUT2D eigenvalue weighted by molar-refractivity contribution is 0.471. The van der Waals surface area contributed by atoms with E-state index in [-0.39, 0.29) is 5.56 Å². The number of halogens is 3. The topological polar surface area (TPSA) is 12.0 Å². The average Bonchev–Trinajstić information content (AvgIpc) is 2.30. The Morgan fingerprint density at radius 1 is 1.33 bits per heavy atom. The molecule has 0 aliphatic carbocycles. The van der Waals surface area contributed by atoms with Gasteiger partial charge in [0.1, 0.15) is 11.6 Å². The first-order chi connectivity index (χ1) is 8.60. The SMILES string of the molecule is CC#CCC(NCCC)c1c(F)cc(Br)cc1F. The molecule has 0 aromatic heterocycles. The van der Waals surface area contributed by atoms with Crippen LogP contribution in [0.15, 0.2) is 16.6 Å². The van der Waals surface area contributed by atoms with E-state index in [1.165, 1.54) is 12.1 Å². The third-order valence-corrected chi connectivity index (χ3v) is 2.97. The van der Waals surface area contributed by atoms with Crippen molar-refractivity contribution in [2.45, 2.75) is 32.7 Å². The Balaban J connectivity index is 3.05. The molecular formula is C14H16BrF2N. The van der Waals surface area contributed by atoms with Crippen LogP contribution >= 0.6 is 15.9 Å². The Bertz CT molecular complexity index is 440. The molecule has 98 valence electrons. The molecule has 0 amide bonds. The van der Waals surface area contributed by atoms with Gasteiger partial charge in [0.2, 0.25) is 0 Å². The van der Waals surface area contributed by atoms with Crippen molar-refractivity contribution >= 4 is 15.9 Å². The van der Waals surface area contributed by atoms with Crippen molar-refractivity contribution in [3.63, 3.8) is 0 Å². The molecule has 1 nitrogen and oxygen atoms in total. The number of benzene rings is 1. The molecule has 1 aromatic rings. The fourth-order valence-electron chi connectivity index (χ4n) is 1.69. The summed E-state index contributed by atoms with van der Waals surface area (Å²) in [6.45, 7) is 4.42. The number of rotatable bonds is 5. The van der Waals surface area contributed by atoms with Gasteiger partial charge in [-0.1, -0.05) is 22.9 Å². The van der Waals surface area contributed by atoms with Gasteiger partial charge >= 0.3 is 0 Å². The van der Waals surface area contributed by atoms with E-state index in [4.69, 9.17) is 0 Å². The summed E-state index contributed by atoms with van der Waals surface area (Å²) in [5.41, 5.74) is 0.0643. The van der Waals surface area contributed by atoms with Crippen LogP contribution in [0.5, 0.6) is 0 Å². The van der Waals surface area contributed by atoms with Crippen molar-refractivity contribution in [3.05, 3.63) is 33.8 Å². The largest absolute Gasteiger partial charge is 0.309 e. The molecule has 4 heteroatoms. The summed E-state index contributed by atoms with van der Waals surface area (Å²) in [5, 5.41) is 3.12. The van der Waals surface area contributed by atoms with E-state index in [9.17, 15) is 8.78 Å². The molecule has 0 radical (unpaired) electrons. The van der Waals surface area contributed by atoms with Crippen LogP contribution in [-0.4, -0.2) is 6.54 Å². The molecule has 1 unspecified atom stereocenters. The zero-order chi connectivity index (χ0) is 13.5. The Kier molecular flexibility index (Phi) is 6.31. The van der Waals surface area contributed by atoms with Crippen LogP contribution in [0.25, 0.3) is 0 Å². The van der Waals surface area contributed by atoms with E-state index in [2.05, 4.69) is 33.1 Å². The highest BCUT2D eigenvalue weighted by molar-refractivity contribution is 9.10. The van der Waals surface area contributed by atoms with Crippen molar-refractivity contribution < 1.29 is 8.78 Å². The second-order valence-electron chi connectivity index (χ2n) is 3.92. The Hall–Kier alpha value is -0.920. The first-order valence-electron chi connectivity index (χ1n) is 5.87. The van der Waals surface area contributed by atoms with Crippen molar-refractivity contribution in [1.29, 1.82) is 0 Å². The Labute approximate surface area is 115 Å². The van der Waals surface area contributed by atoms with E-state index in [1.54, 1.807) is 6.92 Å². The summed E-state index contributed by atoms with van der Waals surface area (Å²) >= 11 is 3.07. The lowest BCUT2D eigenvalue weighted by Crippen LogP contribution is -2.24. The van der Waals surface area contributed by atoms with Gasteiger partial charge in [-0.2, -0.15) is 0 Å². The highest BCUT2D eigenvalue weighted by atomic mass is 79.9. The second kappa shape index (κ2) is 7.50. The molecule has 0 saturated carbocycles. The van der Waals surface area contributed by atoms with E-state index in [1.807, 2.05) is 6.92 Å². The third kappa shape index (κ3) is 4.08. The Morgan fingerprint density at radius 3 is 2.44 bits per heavy atom. The van der Waals surface area contributed by atoms with Gasteiger partial charge in [0.15, 0.2) is 0 Å². The molecule has 0 bridgehead atoms. The fraction of sp³-hybridized carbons (Fsp3) is 0.429. The van der Waals surface area contributed by atoms with E-state index < -0.39 is 17.7 Å². The minimum Gasteiger partial charge on any atom is -0.309 e. The zero-order valence-corrected chi connectivity index (χ0v) is 12.1. The van der Waals surface area contributed by atoms with Gasteiger partial charge < -0.3 is 5.32 Å². The van der Waals surface area contributed by atoms with Crippen molar-refractivity contribution in [2.24, 2.45) is 0 Å². The van der Waals surface area contributed by atoms with Crippen LogP contribution < -0.4 is 5.32 Å². The highest BCUT2D eigenvalue weighted by Crippen LogP contribution is 2.26. The Morgan fingerprint density at radius 2 is 1.94 bits per heavy atom. The third-order valence-electron chi connectivity index (χ3n) is 2.52. The minimum absolute atomic E-state index is 0.0643. The van der Waals surface area contributed by atoms with Gasteiger partial charge in [0.25, 0.3) is 0 Å².